The van der Waals surface area contributed by atoms with E-state index < -0.39 is 29.6 Å². The number of nitrogens with one attached hydrogen (secondary N) is 1. The van der Waals surface area contributed by atoms with Crippen LogP contribution in [-0.2, 0) is 4.74 Å². The van der Waals surface area contributed by atoms with Crippen molar-refractivity contribution in [3.05, 3.63) is 40.7 Å². The van der Waals surface area contributed by atoms with Gasteiger partial charge in [-0.1, -0.05) is 29.0 Å². The first-order valence-corrected chi connectivity index (χ1v) is 13.0. The molecule has 13 heteroatoms. The van der Waals surface area contributed by atoms with Gasteiger partial charge in [0.05, 0.1) is 26.8 Å². The summed E-state index contributed by atoms with van der Waals surface area (Å²) in [5.74, 6) is -0.649. The average Bonchev–Trinajstić information content (AvgIpc) is 3.20. The Morgan fingerprint density at radius 1 is 1.21 bits per heavy atom. The maximum absolute atomic E-state index is 14.7. The van der Waals surface area contributed by atoms with Gasteiger partial charge in [-0.15, -0.1) is 0 Å². The number of nitrogens with zero attached hydrogens (tertiary/aromatic N) is 3. The maximum atomic E-state index is 14.7. The minimum Gasteiger partial charge on any atom is -0.489 e. The standard InChI is InChI=1S/C25H24ClFN4O6S/c1-25(2,3)37-23(33)29-22-28-18-14(6-7-16(27)20(18)38-22)13-4-5-15-19(17(13)26)36-11-12-10-30(24(34)35)8-9-31(12)21(15)32/h4-7,12H,8-11H2,1-3H3,(H,34,35)(H,28,29,33)/t12-/m1/s1. The predicted octanol–water partition coefficient (Wildman–Crippen LogP) is 5.30. The first kappa shape index (κ1) is 26.0. The van der Waals surface area contributed by atoms with Crippen molar-refractivity contribution in [3.63, 3.8) is 0 Å². The lowest BCUT2D eigenvalue weighted by atomic mass is 10.0. The molecule has 3 aromatic rings. The molecule has 1 saturated heterocycles. The number of carbonyl (C=O) groups excluding carboxylic acids is 2. The molecule has 0 bridgehead atoms. The summed E-state index contributed by atoms with van der Waals surface area (Å²) in [7, 11) is 0. The van der Waals surface area contributed by atoms with Crippen molar-refractivity contribution in [2.24, 2.45) is 0 Å². The van der Waals surface area contributed by atoms with Gasteiger partial charge in [-0.2, -0.15) is 0 Å². The Morgan fingerprint density at radius 2 is 1.92 bits per heavy atom. The fraction of sp³-hybridized carbons (Fsp3) is 0.360. The smallest absolute Gasteiger partial charge is 0.413 e. The molecule has 1 atom stereocenters. The van der Waals surface area contributed by atoms with Gasteiger partial charge in [-0.05, 0) is 39.0 Å². The molecule has 5 rings (SSSR count). The van der Waals surface area contributed by atoms with Gasteiger partial charge in [0.1, 0.15) is 18.0 Å². The molecule has 1 fully saturated rings. The minimum atomic E-state index is -1.05. The van der Waals surface area contributed by atoms with Crippen LogP contribution >= 0.6 is 22.9 Å². The lowest BCUT2D eigenvalue weighted by Crippen LogP contribution is -2.57. The summed E-state index contributed by atoms with van der Waals surface area (Å²) >= 11 is 7.73. The van der Waals surface area contributed by atoms with Crippen LogP contribution in [0.2, 0.25) is 5.02 Å². The lowest BCUT2D eigenvalue weighted by molar-refractivity contribution is 0.0390. The normalized spacial score (nSPS) is 17.4. The van der Waals surface area contributed by atoms with Crippen LogP contribution in [-0.4, -0.2) is 75.9 Å². The van der Waals surface area contributed by atoms with Crippen molar-refractivity contribution in [2.75, 3.05) is 31.6 Å². The Morgan fingerprint density at radius 3 is 2.63 bits per heavy atom. The number of aromatic nitrogens is 1. The Hall–Kier alpha value is -3.64. The zero-order valence-corrected chi connectivity index (χ0v) is 22.3. The first-order valence-electron chi connectivity index (χ1n) is 11.8. The average molecular weight is 563 g/mol. The van der Waals surface area contributed by atoms with E-state index >= 15 is 0 Å². The number of piperazine rings is 1. The molecule has 200 valence electrons. The van der Waals surface area contributed by atoms with Gasteiger partial charge in [-0.3, -0.25) is 10.1 Å². The molecule has 3 heterocycles. The zero-order valence-electron chi connectivity index (χ0n) is 20.7. The number of halogens is 2. The summed E-state index contributed by atoms with van der Waals surface area (Å²) in [4.78, 5) is 44.2. The Bertz CT molecular complexity index is 1470. The number of rotatable bonds is 2. The summed E-state index contributed by atoms with van der Waals surface area (Å²) in [6.07, 6.45) is -1.77. The van der Waals surface area contributed by atoms with E-state index in [2.05, 4.69) is 10.3 Å². The van der Waals surface area contributed by atoms with Crippen LogP contribution in [0.1, 0.15) is 31.1 Å². The maximum Gasteiger partial charge on any atom is 0.413 e. The van der Waals surface area contributed by atoms with Crippen LogP contribution in [0.5, 0.6) is 5.75 Å². The molecule has 0 spiro atoms. The number of thiazole rings is 1. The molecule has 2 aliphatic heterocycles. The van der Waals surface area contributed by atoms with Crippen LogP contribution in [0.3, 0.4) is 0 Å². The number of fused-ring (bicyclic) bond motifs is 3. The van der Waals surface area contributed by atoms with Crippen LogP contribution in [0, 0.1) is 5.82 Å². The van der Waals surface area contributed by atoms with Gasteiger partial charge in [0, 0.05) is 30.8 Å². The third-order valence-electron chi connectivity index (χ3n) is 6.16. The van der Waals surface area contributed by atoms with Gasteiger partial charge in [-0.25, -0.2) is 19.0 Å². The largest absolute Gasteiger partial charge is 0.489 e. The summed E-state index contributed by atoms with van der Waals surface area (Å²) in [5, 5.41) is 12.2. The van der Waals surface area contributed by atoms with E-state index in [0.29, 0.717) is 11.1 Å². The zero-order chi connectivity index (χ0) is 27.4. The minimum absolute atomic E-state index is 0.0607. The van der Waals surface area contributed by atoms with E-state index in [1.807, 2.05) is 0 Å². The highest BCUT2D eigenvalue weighted by atomic mass is 35.5. The molecular weight excluding hydrogens is 539 g/mol. The highest BCUT2D eigenvalue weighted by molar-refractivity contribution is 7.22. The number of amides is 3. The second kappa shape index (κ2) is 9.59. The second-order valence-electron chi connectivity index (χ2n) is 9.91. The molecule has 0 radical (unpaired) electrons. The van der Waals surface area contributed by atoms with E-state index in [-0.39, 0.29) is 63.8 Å². The van der Waals surface area contributed by atoms with Crippen molar-refractivity contribution in [2.45, 2.75) is 32.4 Å². The Kier molecular flexibility index (Phi) is 6.56. The number of carbonyl (C=O) groups is 3. The van der Waals surface area contributed by atoms with E-state index in [4.69, 9.17) is 21.1 Å². The summed E-state index contributed by atoms with van der Waals surface area (Å²) in [5.41, 5.74) is 0.762. The number of anilines is 1. The number of ether oxygens (including phenoxy) is 2. The third-order valence-corrected chi connectivity index (χ3v) is 7.51. The van der Waals surface area contributed by atoms with Crippen molar-refractivity contribution < 1.29 is 33.4 Å². The second-order valence-corrected chi connectivity index (χ2v) is 11.3. The molecule has 1 aromatic heterocycles. The van der Waals surface area contributed by atoms with Crippen molar-refractivity contribution in [1.29, 1.82) is 0 Å². The fourth-order valence-electron chi connectivity index (χ4n) is 4.48. The summed E-state index contributed by atoms with van der Waals surface area (Å²) in [6.45, 7) is 5.81. The third kappa shape index (κ3) is 4.81. The van der Waals surface area contributed by atoms with E-state index in [1.165, 1.54) is 17.0 Å². The van der Waals surface area contributed by atoms with E-state index in [0.717, 1.165) is 11.3 Å². The monoisotopic (exact) mass is 562 g/mol. The summed E-state index contributed by atoms with van der Waals surface area (Å²) < 4.78 is 26.2. The Labute approximate surface area is 225 Å². The van der Waals surface area contributed by atoms with Gasteiger partial charge >= 0.3 is 12.2 Å². The Balaban J connectivity index is 1.50. The topological polar surface area (TPSA) is 121 Å². The lowest BCUT2D eigenvalue weighted by Gasteiger charge is -2.38. The quantitative estimate of drug-likeness (QED) is 0.435. The number of benzene rings is 2. The van der Waals surface area contributed by atoms with Crippen molar-refractivity contribution in [3.8, 4) is 16.9 Å². The molecule has 0 aliphatic carbocycles. The molecule has 2 N–H and O–H groups in total. The molecule has 38 heavy (non-hydrogen) atoms. The number of hydrogen-bond donors (Lipinski definition) is 2. The van der Waals surface area contributed by atoms with Gasteiger partial charge < -0.3 is 24.4 Å². The van der Waals surface area contributed by atoms with Gasteiger partial charge in [0.2, 0.25) is 0 Å². The SMILES string of the molecule is CC(C)(C)OC(=O)Nc1nc2c(-c3ccc4c(c3Cl)OC[C@H]3CN(C(=O)O)CCN3C4=O)ccc(F)c2s1. The molecular formula is C25H24ClFN4O6S. The van der Waals surface area contributed by atoms with Gasteiger partial charge in [0.25, 0.3) is 5.91 Å². The first-order chi connectivity index (χ1) is 17.9. The number of hydrogen-bond acceptors (Lipinski definition) is 7. The highest BCUT2D eigenvalue weighted by Crippen LogP contribution is 2.43. The molecule has 2 aliphatic rings. The van der Waals surface area contributed by atoms with Crippen LogP contribution < -0.4 is 10.1 Å². The van der Waals surface area contributed by atoms with Crippen LogP contribution in [0.25, 0.3) is 21.3 Å². The molecule has 10 nitrogen and oxygen atoms in total. The van der Waals surface area contributed by atoms with Crippen LogP contribution in [0.4, 0.5) is 19.1 Å². The molecule has 2 aromatic carbocycles. The highest BCUT2D eigenvalue weighted by Gasteiger charge is 2.38. The molecule has 0 saturated carbocycles. The van der Waals surface area contributed by atoms with E-state index in [1.54, 1.807) is 37.8 Å². The fourth-order valence-corrected chi connectivity index (χ4v) is 5.69. The van der Waals surface area contributed by atoms with Crippen molar-refractivity contribution >= 4 is 56.4 Å². The molecule has 0 unspecified atom stereocenters. The van der Waals surface area contributed by atoms with Gasteiger partial charge in [0.15, 0.2) is 10.9 Å². The van der Waals surface area contributed by atoms with Crippen LogP contribution in [0.15, 0.2) is 24.3 Å². The number of carboxylic acid groups (broad SMARTS) is 1. The molecule has 3 amide bonds. The van der Waals surface area contributed by atoms with Crippen molar-refractivity contribution in [1.82, 2.24) is 14.8 Å². The summed E-state index contributed by atoms with van der Waals surface area (Å²) in [6, 6.07) is 5.57. The van der Waals surface area contributed by atoms with E-state index in [9.17, 15) is 23.9 Å². The predicted molar refractivity (Wildman–Crippen MR) is 140 cm³/mol.